The van der Waals surface area contributed by atoms with Gasteiger partial charge < -0.3 is 0 Å². The van der Waals surface area contributed by atoms with Crippen molar-refractivity contribution in [2.45, 2.75) is 13.8 Å². The maximum Gasteiger partial charge on any atom is 0.359 e. The first kappa shape index (κ1) is 9.51. The summed E-state index contributed by atoms with van der Waals surface area (Å²) in [5.74, 6) is -1.08. The van der Waals surface area contributed by atoms with Crippen molar-refractivity contribution in [3.63, 3.8) is 0 Å². The summed E-state index contributed by atoms with van der Waals surface area (Å²) in [4.78, 5) is 9.42. The lowest BCUT2D eigenvalue weighted by Crippen LogP contribution is -1.85. The zero-order chi connectivity index (χ0) is 4.99. The van der Waals surface area contributed by atoms with Gasteiger partial charge in [-0.15, -0.1) is 6.58 Å². The fourth-order valence-electron chi connectivity index (χ4n) is 0.118. The van der Waals surface area contributed by atoms with Gasteiger partial charge in [0.25, 0.3) is 0 Å². The predicted molar refractivity (Wildman–Crippen MR) is 27.2 cm³/mol. The largest absolute Gasteiger partial charge is 0.359 e. The minimum atomic E-state index is -1.08. The second-order valence-electron chi connectivity index (χ2n) is 0.865. The molecule has 0 heterocycles. The van der Waals surface area contributed by atoms with Crippen molar-refractivity contribution in [1.29, 1.82) is 0 Å². The normalized spacial score (nSPS) is 6.29. The molecule has 0 aliphatic carbocycles. The minimum absolute atomic E-state index is 0. The average molecular weight is 101 g/mol. The van der Waals surface area contributed by atoms with E-state index in [4.69, 9.17) is 0 Å². The van der Waals surface area contributed by atoms with E-state index in [2.05, 4.69) is 6.58 Å². The fraction of sp³-hybridized carbons (Fsp3) is 0.400. The van der Waals surface area contributed by atoms with Gasteiger partial charge >= 0.3 is 5.97 Å². The monoisotopic (exact) mass is 101 g/mol. The quantitative estimate of drug-likeness (QED) is 0.481. The maximum absolute atomic E-state index is 9.42. The van der Waals surface area contributed by atoms with Crippen LogP contribution in [0.5, 0.6) is 0 Å². The Morgan fingerprint density at radius 3 is 2.14 bits per heavy atom. The van der Waals surface area contributed by atoms with Gasteiger partial charge in [-0.05, 0) is 0 Å². The van der Waals surface area contributed by atoms with Crippen molar-refractivity contribution >= 4 is 5.97 Å². The lowest BCUT2D eigenvalue weighted by Gasteiger charge is -1.69. The number of rotatable bonds is 2. The molecule has 0 spiro atoms. The van der Waals surface area contributed by atoms with Crippen LogP contribution in [0.3, 0.4) is 0 Å². The summed E-state index contributed by atoms with van der Waals surface area (Å²) in [6.07, 6.45) is 1.23. The Hall–Kier alpha value is -0.790. The summed E-state index contributed by atoms with van der Waals surface area (Å²) in [6, 6.07) is 0. The molecule has 0 amide bonds. The van der Waals surface area contributed by atoms with Gasteiger partial charge in [-0.25, -0.2) is 9.90 Å². The highest BCUT2D eigenvalue weighted by atomic mass is 16.4. The minimum Gasteiger partial charge on any atom is -0.247 e. The van der Waals surface area contributed by atoms with E-state index in [1.54, 1.807) is 0 Å². The van der Waals surface area contributed by atoms with Gasteiger partial charge in [-0.2, -0.15) is 0 Å². The van der Waals surface area contributed by atoms with Crippen molar-refractivity contribution in [1.82, 2.24) is 0 Å². The first-order valence-electron chi connectivity index (χ1n) is 1.58. The number of carbonyl (C=O) groups is 1. The van der Waals surface area contributed by atoms with Crippen LogP contribution in [0, 0.1) is 0 Å². The summed E-state index contributed by atoms with van der Waals surface area (Å²) in [5, 5.41) is 9.42. The van der Waals surface area contributed by atoms with E-state index in [9.17, 15) is 9.90 Å². The maximum atomic E-state index is 9.42. The van der Waals surface area contributed by atoms with E-state index in [-0.39, 0.29) is 13.8 Å². The van der Waals surface area contributed by atoms with Crippen molar-refractivity contribution in [2.75, 3.05) is 0 Å². The SMILES string of the molecule is C.C=CCC([O])=O. The van der Waals surface area contributed by atoms with Crippen molar-refractivity contribution in [2.24, 2.45) is 0 Å². The van der Waals surface area contributed by atoms with Crippen LogP contribution in [0.1, 0.15) is 13.8 Å². The van der Waals surface area contributed by atoms with Crippen LogP contribution in [-0.2, 0) is 9.90 Å². The first-order valence-corrected chi connectivity index (χ1v) is 1.58. The third-order valence-electron chi connectivity index (χ3n) is 0.311. The van der Waals surface area contributed by atoms with Gasteiger partial charge in [0, 0.05) is 0 Å². The van der Waals surface area contributed by atoms with Crippen LogP contribution in [0.4, 0.5) is 0 Å². The average Bonchev–Trinajstić information content (AvgIpc) is 1.35. The Morgan fingerprint density at radius 2 is 2.14 bits per heavy atom. The Bertz CT molecular complexity index is 66.5. The fourth-order valence-corrected chi connectivity index (χ4v) is 0.118. The highest BCUT2D eigenvalue weighted by molar-refractivity contribution is 5.67. The van der Waals surface area contributed by atoms with Crippen LogP contribution in [0.15, 0.2) is 12.7 Å². The molecule has 41 valence electrons. The molecule has 2 nitrogen and oxygen atoms in total. The zero-order valence-corrected chi connectivity index (χ0v) is 3.31. The first-order chi connectivity index (χ1) is 2.77. The van der Waals surface area contributed by atoms with E-state index in [0.29, 0.717) is 0 Å². The lowest BCUT2D eigenvalue weighted by molar-refractivity contribution is -0.142. The molecule has 0 aliphatic rings. The van der Waals surface area contributed by atoms with Crippen LogP contribution < -0.4 is 0 Å². The predicted octanol–water partition coefficient (Wildman–Crippen LogP) is 1.16. The molecule has 2 heteroatoms. The lowest BCUT2D eigenvalue weighted by atomic mass is 10.4. The molecular formula is C5H9O2. The third kappa shape index (κ3) is 11.0. The Kier molecular flexibility index (Phi) is 7.08. The van der Waals surface area contributed by atoms with Crippen molar-refractivity contribution < 1.29 is 9.90 Å². The molecule has 0 fully saturated rings. The van der Waals surface area contributed by atoms with Gasteiger partial charge in [0.15, 0.2) is 0 Å². The standard InChI is InChI=1S/C4H5O2.CH4/c1-2-3-4(5)6;/h2H,1,3H2;1H4. The summed E-state index contributed by atoms with van der Waals surface area (Å²) in [7, 11) is 0. The van der Waals surface area contributed by atoms with Crippen molar-refractivity contribution in [3.8, 4) is 0 Å². The number of hydrogen-bond acceptors (Lipinski definition) is 1. The van der Waals surface area contributed by atoms with E-state index in [1.165, 1.54) is 6.08 Å². The summed E-state index contributed by atoms with van der Waals surface area (Å²) in [5.41, 5.74) is 0. The Labute approximate surface area is 43.5 Å². The molecule has 0 saturated carbocycles. The van der Waals surface area contributed by atoms with Crippen molar-refractivity contribution in [3.05, 3.63) is 12.7 Å². The van der Waals surface area contributed by atoms with Gasteiger partial charge in [0.05, 0.1) is 6.42 Å². The van der Waals surface area contributed by atoms with Gasteiger partial charge in [-0.3, -0.25) is 0 Å². The molecule has 0 aliphatic heterocycles. The second-order valence-corrected chi connectivity index (χ2v) is 0.865. The summed E-state index contributed by atoms with van der Waals surface area (Å²) >= 11 is 0. The van der Waals surface area contributed by atoms with Gasteiger partial charge in [0.1, 0.15) is 0 Å². The Morgan fingerprint density at radius 1 is 1.71 bits per heavy atom. The van der Waals surface area contributed by atoms with E-state index < -0.39 is 5.97 Å². The highest BCUT2D eigenvalue weighted by Crippen LogP contribution is 1.75. The Balaban J connectivity index is 0. The van der Waals surface area contributed by atoms with Crippen LogP contribution in [0.2, 0.25) is 0 Å². The molecule has 0 aromatic rings. The smallest absolute Gasteiger partial charge is 0.247 e. The molecule has 0 rings (SSSR count). The van der Waals surface area contributed by atoms with E-state index in [1.807, 2.05) is 0 Å². The molecular weight excluding hydrogens is 92.1 g/mol. The van der Waals surface area contributed by atoms with Crippen LogP contribution in [-0.4, -0.2) is 5.97 Å². The molecule has 1 radical (unpaired) electrons. The molecule has 7 heavy (non-hydrogen) atoms. The molecule has 0 N–H and O–H groups in total. The van der Waals surface area contributed by atoms with Crippen LogP contribution in [0.25, 0.3) is 0 Å². The zero-order valence-electron chi connectivity index (χ0n) is 3.31. The summed E-state index contributed by atoms with van der Waals surface area (Å²) in [6.45, 7) is 3.18. The van der Waals surface area contributed by atoms with E-state index in [0.717, 1.165) is 0 Å². The molecule has 0 aromatic carbocycles. The van der Waals surface area contributed by atoms with E-state index >= 15 is 0 Å². The number of hydrogen-bond donors (Lipinski definition) is 0. The molecule has 0 atom stereocenters. The molecule has 0 aromatic heterocycles. The molecule has 0 saturated heterocycles. The second kappa shape index (κ2) is 5.21. The molecule has 0 bridgehead atoms. The van der Waals surface area contributed by atoms with Gasteiger partial charge in [-0.1, -0.05) is 13.5 Å². The third-order valence-corrected chi connectivity index (χ3v) is 0.311. The number of carbonyl (C=O) groups excluding carboxylic acids is 1. The van der Waals surface area contributed by atoms with Crippen LogP contribution >= 0.6 is 0 Å². The topological polar surface area (TPSA) is 37.0 Å². The molecule has 0 unspecified atom stereocenters. The van der Waals surface area contributed by atoms with Gasteiger partial charge in [0.2, 0.25) is 0 Å². The highest BCUT2D eigenvalue weighted by Gasteiger charge is 1.88. The summed E-state index contributed by atoms with van der Waals surface area (Å²) < 4.78 is 0.